The third kappa shape index (κ3) is 1.37. The summed E-state index contributed by atoms with van der Waals surface area (Å²) in [5.41, 5.74) is 3.27. The summed E-state index contributed by atoms with van der Waals surface area (Å²) in [7, 11) is 0. The number of rotatable bonds is 0. The molecule has 4 heteroatoms. The molecule has 1 aliphatic rings. The number of aromatic hydroxyl groups is 1. The van der Waals surface area contributed by atoms with Crippen molar-refractivity contribution in [3.8, 4) is 5.75 Å². The molecule has 0 fully saturated rings. The van der Waals surface area contributed by atoms with Crippen LogP contribution in [0.15, 0.2) is 36.5 Å². The number of hydrogen-bond acceptors (Lipinski definition) is 2. The van der Waals surface area contributed by atoms with E-state index in [0.717, 1.165) is 35.1 Å². The molecule has 2 aromatic heterocycles. The first-order valence-corrected chi connectivity index (χ1v) is 6.27. The first-order valence-electron chi connectivity index (χ1n) is 6.27. The number of carbonyl (C=O) groups is 1. The van der Waals surface area contributed by atoms with E-state index in [4.69, 9.17) is 0 Å². The second-order valence-corrected chi connectivity index (χ2v) is 4.87. The highest BCUT2D eigenvalue weighted by molar-refractivity contribution is 6.11. The molecule has 19 heavy (non-hydrogen) atoms. The van der Waals surface area contributed by atoms with Crippen molar-refractivity contribution in [2.24, 2.45) is 0 Å². The zero-order valence-electron chi connectivity index (χ0n) is 10.2. The van der Waals surface area contributed by atoms with Gasteiger partial charge in [0, 0.05) is 23.6 Å². The lowest BCUT2D eigenvalue weighted by Crippen LogP contribution is -2.06. The van der Waals surface area contributed by atoms with Crippen molar-refractivity contribution in [3.63, 3.8) is 0 Å². The van der Waals surface area contributed by atoms with Crippen molar-refractivity contribution in [1.29, 1.82) is 0 Å². The molecule has 0 spiro atoms. The molecular weight excluding hydrogens is 240 g/mol. The van der Waals surface area contributed by atoms with E-state index in [0.29, 0.717) is 5.69 Å². The highest BCUT2D eigenvalue weighted by Crippen LogP contribution is 2.30. The molecule has 0 saturated carbocycles. The van der Waals surface area contributed by atoms with Crippen molar-refractivity contribution in [3.05, 3.63) is 53.5 Å². The Hall–Kier alpha value is -2.49. The van der Waals surface area contributed by atoms with E-state index in [1.807, 2.05) is 29.0 Å². The van der Waals surface area contributed by atoms with Crippen LogP contribution in [-0.4, -0.2) is 20.4 Å². The number of aryl methyl sites for hydroxylation is 2. The summed E-state index contributed by atoms with van der Waals surface area (Å²) in [6, 6.07) is 8.91. The smallest absolute Gasteiger partial charge is 0.225 e. The van der Waals surface area contributed by atoms with Crippen LogP contribution >= 0.6 is 0 Å². The van der Waals surface area contributed by atoms with Crippen molar-refractivity contribution < 1.29 is 9.90 Å². The minimum Gasteiger partial charge on any atom is -0.508 e. The van der Waals surface area contributed by atoms with E-state index >= 15 is 0 Å². The largest absolute Gasteiger partial charge is 0.508 e. The van der Waals surface area contributed by atoms with Crippen molar-refractivity contribution in [1.82, 2.24) is 9.55 Å². The maximum absolute atomic E-state index is 12.5. The van der Waals surface area contributed by atoms with E-state index in [2.05, 4.69) is 4.98 Å². The third-order valence-corrected chi connectivity index (χ3v) is 3.78. The van der Waals surface area contributed by atoms with Gasteiger partial charge in [-0.2, -0.15) is 0 Å². The lowest BCUT2D eigenvalue weighted by molar-refractivity contribution is 0.102. The molecule has 0 unspecified atom stereocenters. The predicted molar refractivity (Wildman–Crippen MR) is 71.5 cm³/mol. The number of nitrogens with zero attached hydrogens (tertiary/aromatic N) is 1. The number of aromatic nitrogens is 2. The number of hydrogen-bond donors (Lipinski definition) is 2. The summed E-state index contributed by atoms with van der Waals surface area (Å²) >= 11 is 0. The van der Waals surface area contributed by atoms with Gasteiger partial charge in [-0.15, -0.1) is 0 Å². The number of ketones is 1. The molecule has 0 amide bonds. The van der Waals surface area contributed by atoms with E-state index < -0.39 is 0 Å². The van der Waals surface area contributed by atoms with Crippen LogP contribution in [0.3, 0.4) is 0 Å². The quantitative estimate of drug-likeness (QED) is 0.645. The number of phenolic OH excluding ortho intramolecular Hbond substituents is 1. The van der Waals surface area contributed by atoms with E-state index in [1.54, 1.807) is 12.1 Å². The molecule has 4 rings (SSSR count). The van der Waals surface area contributed by atoms with Gasteiger partial charge in [0.05, 0.1) is 11.4 Å². The summed E-state index contributed by atoms with van der Waals surface area (Å²) in [4.78, 5) is 15.7. The molecule has 1 aromatic carbocycles. The van der Waals surface area contributed by atoms with Crippen LogP contribution in [0, 0.1) is 0 Å². The second kappa shape index (κ2) is 3.51. The first-order chi connectivity index (χ1) is 9.24. The predicted octanol–water partition coefficient (Wildman–Crippen LogP) is 2.46. The molecule has 0 radical (unpaired) electrons. The summed E-state index contributed by atoms with van der Waals surface area (Å²) in [5, 5.41) is 10.6. The van der Waals surface area contributed by atoms with E-state index in [-0.39, 0.29) is 11.5 Å². The lowest BCUT2D eigenvalue weighted by atomic mass is 10.1. The van der Waals surface area contributed by atoms with Gasteiger partial charge in [-0.25, -0.2) is 0 Å². The van der Waals surface area contributed by atoms with Crippen LogP contribution in [0.25, 0.3) is 10.9 Å². The minimum absolute atomic E-state index is 0.0215. The van der Waals surface area contributed by atoms with Crippen molar-refractivity contribution in [2.75, 3.05) is 0 Å². The molecule has 94 valence electrons. The van der Waals surface area contributed by atoms with E-state index in [1.165, 1.54) is 0 Å². The minimum atomic E-state index is 0.0215. The van der Waals surface area contributed by atoms with Gasteiger partial charge in [-0.1, -0.05) is 0 Å². The molecule has 0 aliphatic carbocycles. The van der Waals surface area contributed by atoms with Gasteiger partial charge in [0.2, 0.25) is 5.78 Å². The van der Waals surface area contributed by atoms with Gasteiger partial charge in [0.1, 0.15) is 5.75 Å². The zero-order valence-corrected chi connectivity index (χ0v) is 10.2. The summed E-state index contributed by atoms with van der Waals surface area (Å²) in [6.45, 7) is 0.781. The van der Waals surface area contributed by atoms with Crippen molar-refractivity contribution in [2.45, 2.75) is 13.0 Å². The Morgan fingerprint density at radius 2 is 2.16 bits per heavy atom. The molecule has 0 saturated heterocycles. The highest BCUT2D eigenvalue weighted by Gasteiger charge is 2.24. The van der Waals surface area contributed by atoms with Crippen LogP contribution in [-0.2, 0) is 13.0 Å². The van der Waals surface area contributed by atoms with Gasteiger partial charge in [-0.05, 0) is 42.3 Å². The molecule has 3 aromatic rings. The van der Waals surface area contributed by atoms with Crippen LogP contribution < -0.4 is 0 Å². The topological polar surface area (TPSA) is 58.0 Å². The highest BCUT2D eigenvalue weighted by atomic mass is 16.3. The number of nitrogens with one attached hydrogen (secondary N) is 1. The molecule has 0 atom stereocenters. The lowest BCUT2D eigenvalue weighted by Gasteiger charge is -2.02. The number of carbonyl (C=O) groups excluding carboxylic acids is 1. The van der Waals surface area contributed by atoms with Crippen LogP contribution in [0.2, 0.25) is 0 Å². The van der Waals surface area contributed by atoms with E-state index in [9.17, 15) is 9.90 Å². The number of H-pyrrole nitrogens is 1. The summed E-state index contributed by atoms with van der Waals surface area (Å²) in [5.74, 6) is 0.249. The van der Waals surface area contributed by atoms with Gasteiger partial charge in [-0.3, -0.25) is 4.79 Å². The average molecular weight is 252 g/mol. The Morgan fingerprint density at radius 3 is 3.05 bits per heavy atom. The zero-order chi connectivity index (χ0) is 13.0. The Labute approximate surface area is 109 Å². The Bertz CT molecular complexity index is 811. The standard InChI is InChI=1S/C15H12N2O2/c18-9-3-4-12-11(8-9)10-5-7-17-6-1-2-13(17)15(19)14(10)16-12/h1-4,6,8,16,18H,5,7H2. The van der Waals surface area contributed by atoms with Gasteiger partial charge in [0.15, 0.2) is 0 Å². The fourth-order valence-corrected chi connectivity index (χ4v) is 2.86. The molecule has 0 bridgehead atoms. The monoisotopic (exact) mass is 252 g/mol. The molecule has 3 heterocycles. The normalized spacial score (nSPS) is 14.2. The number of fused-ring (bicyclic) bond motifs is 4. The Balaban J connectivity index is 2.02. The van der Waals surface area contributed by atoms with Gasteiger partial charge in [0.25, 0.3) is 0 Å². The maximum atomic E-state index is 12.5. The van der Waals surface area contributed by atoms with Crippen LogP contribution in [0.1, 0.15) is 21.7 Å². The molecule has 2 N–H and O–H groups in total. The first kappa shape index (κ1) is 10.4. The number of phenols is 1. The maximum Gasteiger partial charge on any atom is 0.225 e. The SMILES string of the molecule is O=C1c2[nH]c3ccc(O)cc3c2CCn2cccc21. The number of benzene rings is 1. The fourth-order valence-electron chi connectivity index (χ4n) is 2.86. The van der Waals surface area contributed by atoms with Crippen LogP contribution in [0.5, 0.6) is 5.75 Å². The third-order valence-electron chi connectivity index (χ3n) is 3.78. The number of aromatic amines is 1. The summed E-state index contributed by atoms with van der Waals surface area (Å²) < 4.78 is 1.98. The summed E-state index contributed by atoms with van der Waals surface area (Å²) in [6.07, 6.45) is 2.71. The average Bonchev–Trinajstić information content (AvgIpc) is 2.97. The second-order valence-electron chi connectivity index (χ2n) is 4.87. The van der Waals surface area contributed by atoms with Crippen molar-refractivity contribution >= 4 is 16.7 Å². The van der Waals surface area contributed by atoms with Crippen LogP contribution in [0.4, 0.5) is 0 Å². The molecular formula is C15H12N2O2. The molecule has 4 nitrogen and oxygen atoms in total. The Morgan fingerprint density at radius 1 is 1.26 bits per heavy atom. The molecule has 1 aliphatic heterocycles. The fraction of sp³-hybridized carbons (Fsp3) is 0.133. The van der Waals surface area contributed by atoms with Gasteiger partial charge < -0.3 is 14.7 Å². The van der Waals surface area contributed by atoms with Gasteiger partial charge >= 0.3 is 0 Å². The Kier molecular flexibility index (Phi) is 1.93.